The van der Waals surface area contributed by atoms with E-state index in [9.17, 15) is 8.42 Å². The Balaban J connectivity index is 2.04. The van der Waals surface area contributed by atoms with Gasteiger partial charge in [-0.2, -0.15) is 0 Å². The lowest BCUT2D eigenvalue weighted by molar-refractivity contribution is 0.588. The van der Waals surface area contributed by atoms with Crippen molar-refractivity contribution in [2.75, 3.05) is 10.8 Å². The molecule has 3 rings (SSSR count). The maximum atomic E-state index is 12.8. The summed E-state index contributed by atoms with van der Waals surface area (Å²) < 4.78 is 27.6. The van der Waals surface area contributed by atoms with Crippen LogP contribution in [0.25, 0.3) is 0 Å². The summed E-state index contributed by atoms with van der Waals surface area (Å²) in [7, 11) is -3.41. The third-order valence-corrected chi connectivity index (χ3v) is 7.11. The number of benzene rings is 1. The molecule has 2 aromatic rings. The number of para-hydroxylation sites is 1. The van der Waals surface area contributed by atoms with Gasteiger partial charge in [0.25, 0.3) is 10.0 Å². The molecular weight excluding hydrogens is 290 g/mol. The van der Waals surface area contributed by atoms with Gasteiger partial charge in [-0.3, -0.25) is 4.31 Å². The molecule has 2 heterocycles. The highest BCUT2D eigenvalue weighted by Crippen LogP contribution is 2.34. The molecule has 0 atom stereocenters. The van der Waals surface area contributed by atoms with Gasteiger partial charge in [-0.15, -0.1) is 11.3 Å². The monoisotopic (exact) mass is 307 g/mol. The van der Waals surface area contributed by atoms with Crippen molar-refractivity contribution in [2.45, 2.75) is 30.4 Å². The molecule has 0 aliphatic carbocycles. The van der Waals surface area contributed by atoms with Crippen LogP contribution in [0.5, 0.6) is 0 Å². The molecule has 0 saturated heterocycles. The molecule has 0 saturated carbocycles. The Labute approximate surface area is 123 Å². The highest BCUT2D eigenvalue weighted by atomic mass is 32.2. The Hall–Kier alpha value is -1.33. The van der Waals surface area contributed by atoms with Crippen LogP contribution in [-0.2, 0) is 22.9 Å². The molecule has 1 aromatic carbocycles. The molecule has 0 N–H and O–H groups in total. The maximum Gasteiger partial charge on any atom is 0.273 e. The van der Waals surface area contributed by atoms with Gasteiger partial charge in [0.1, 0.15) is 4.21 Å². The molecule has 106 valence electrons. The first-order valence-corrected chi connectivity index (χ1v) is 9.08. The molecule has 1 aliphatic heterocycles. The van der Waals surface area contributed by atoms with E-state index in [1.807, 2.05) is 37.3 Å². The van der Waals surface area contributed by atoms with Crippen molar-refractivity contribution >= 4 is 27.0 Å². The van der Waals surface area contributed by atoms with Gasteiger partial charge in [-0.25, -0.2) is 8.42 Å². The van der Waals surface area contributed by atoms with Gasteiger partial charge >= 0.3 is 0 Å². The van der Waals surface area contributed by atoms with Crippen molar-refractivity contribution in [1.29, 1.82) is 0 Å². The van der Waals surface area contributed by atoms with E-state index in [0.717, 1.165) is 35.4 Å². The topological polar surface area (TPSA) is 37.4 Å². The summed E-state index contributed by atoms with van der Waals surface area (Å²) in [5, 5.41) is 0. The lowest BCUT2D eigenvalue weighted by Gasteiger charge is -2.29. The molecular formula is C15H17NO2S2. The first-order chi connectivity index (χ1) is 9.63. The zero-order valence-corrected chi connectivity index (χ0v) is 13.0. The molecule has 0 spiro atoms. The number of hydrogen-bond donors (Lipinski definition) is 0. The van der Waals surface area contributed by atoms with Gasteiger partial charge in [-0.1, -0.05) is 25.1 Å². The van der Waals surface area contributed by atoms with E-state index in [0.29, 0.717) is 10.8 Å². The van der Waals surface area contributed by atoms with Crippen LogP contribution < -0.4 is 4.31 Å². The Morgan fingerprint density at radius 3 is 2.75 bits per heavy atom. The van der Waals surface area contributed by atoms with Gasteiger partial charge in [0.05, 0.1) is 5.69 Å². The summed E-state index contributed by atoms with van der Waals surface area (Å²) in [5.74, 6) is 0. The molecule has 0 fully saturated rings. The van der Waals surface area contributed by atoms with Crippen LogP contribution in [0.15, 0.2) is 40.6 Å². The number of fused-ring (bicyclic) bond motifs is 1. The number of aryl methyl sites for hydroxylation is 2. The van der Waals surface area contributed by atoms with E-state index < -0.39 is 10.0 Å². The highest BCUT2D eigenvalue weighted by Gasteiger charge is 2.29. The van der Waals surface area contributed by atoms with E-state index in [1.165, 1.54) is 11.3 Å². The molecule has 1 aliphatic rings. The second-order valence-electron chi connectivity index (χ2n) is 4.88. The number of rotatable bonds is 3. The molecule has 0 unspecified atom stereocenters. The molecule has 5 heteroatoms. The second kappa shape index (κ2) is 5.22. The number of anilines is 1. The van der Waals surface area contributed by atoms with Crippen molar-refractivity contribution in [1.82, 2.24) is 0 Å². The number of nitrogens with zero attached hydrogens (tertiary/aromatic N) is 1. The molecule has 0 radical (unpaired) electrons. The SMILES string of the molecule is CCc1ccc(S(=O)(=O)N2CCCc3ccccc32)s1. The van der Waals surface area contributed by atoms with Gasteiger partial charge in [0.2, 0.25) is 0 Å². The molecule has 1 aromatic heterocycles. The smallest absolute Gasteiger partial charge is 0.265 e. The van der Waals surface area contributed by atoms with Crippen LogP contribution in [0.1, 0.15) is 23.8 Å². The quantitative estimate of drug-likeness (QED) is 0.871. The van der Waals surface area contributed by atoms with Crippen LogP contribution >= 0.6 is 11.3 Å². The van der Waals surface area contributed by atoms with E-state index >= 15 is 0 Å². The Bertz CT molecular complexity index is 719. The zero-order valence-electron chi connectivity index (χ0n) is 11.4. The van der Waals surface area contributed by atoms with Gasteiger partial charge in [0, 0.05) is 11.4 Å². The minimum atomic E-state index is -3.41. The summed E-state index contributed by atoms with van der Waals surface area (Å²) in [5.41, 5.74) is 1.96. The van der Waals surface area contributed by atoms with Crippen molar-refractivity contribution in [3.63, 3.8) is 0 Å². The molecule has 0 bridgehead atoms. The summed E-state index contributed by atoms with van der Waals surface area (Å²) >= 11 is 1.38. The fraction of sp³-hybridized carbons (Fsp3) is 0.333. The first-order valence-electron chi connectivity index (χ1n) is 6.82. The van der Waals surface area contributed by atoms with Gasteiger partial charge in [0.15, 0.2) is 0 Å². The summed E-state index contributed by atoms with van der Waals surface area (Å²) in [6, 6.07) is 11.4. The second-order valence-corrected chi connectivity index (χ2v) is 8.14. The zero-order chi connectivity index (χ0) is 14.2. The lowest BCUT2D eigenvalue weighted by Crippen LogP contribution is -2.35. The van der Waals surface area contributed by atoms with E-state index in [4.69, 9.17) is 0 Å². The van der Waals surface area contributed by atoms with Crippen molar-refractivity contribution in [3.05, 3.63) is 46.8 Å². The number of hydrogen-bond acceptors (Lipinski definition) is 3. The Morgan fingerprint density at radius 1 is 1.20 bits per heavy atom. The van der Waals surface area contributed by atoms with Gasteiger partial charge < -0.3 is 0 Å². The van der Waals surface area contributed by atoms with E-state index in [-0.39, 0.29) is 0 Å². The van der Waals surface area contributed by atoms with E-state index in [1.54, 1.807) is 10.4 Å². The maximum absolute atomic E-state index is 12.8. The van der Waals surface area contributed by atoms with Crippen LogP contribution in [0.3, 0.4) is 0 Å². The third-order valence-electron chi connectivity index (χ3n) is 3.60. The molecule has 3 nitrogen and oxygen atoms in total. The van der Waals surface area contributed by atoms with Crippen LogP contribution in [-0.4, -0.2) is 15.0 Å². The van der Waals surface area contributed by atoms with Crippen molar-refractivity contribution in [3.8, 4) is 0 Å². The fourth-order valence-electron chi connectivity index (χ4n) is 2.54. The Morgan fingerprint density at radius 2 is 2.00 bits per heavy atom. The first kappa shape index (κ1) is 13.6. The normalized spacial score (nSPS) is 15.2. The summed E-state index contributed by atoms with van der Waals surface area (Å²) in [4.78, 5) is 1.11. The van der Waals surface area contributed by atoms with Crippen molar-refractivity contribution < 1.29 is 8.42 Å². The number of thiophene rings is 1. The average molecular weight is 307 g/mol. The van der Waals surface area contributed by atoms with Crippen LogP contribution in [0.4, 0.5) is 5.69 Å². The van der Waals surface area contributed by atoms with Crippen LogP contribution in [0, 0.1) is 0 Å². The van der Waals surface area contributed by atoms with E-state index in [2.05, 4.69) is 0 Å². The van der Waals surface area contributed by atoms with Crippen LogP contribution in [0.2, 0.25) is 0 Å². The molecule has 20 heavy (non-hydrogen) atoms. The number of sulfonamides is 1. The third kappa shape index (κ3) is 2.25. The average Bonchev–Trinajstić information content (AvgIpc) is 2.96. The highest BCUT2D eigenvalue weighted by molar-refractivity contribution is 7.94. The van der Waals surface area contributed by atoms with Gasteiger partial charge in [-0.05, 0) is 43.0 Å². The summed E-state index contributed by atoms with van der Waals surface area (Å²) in [6.07, 6.45) is 2.70. The standard InChI is InChI=1S/C15H17NO2S2/c1-2-13-9-10-15(19-13)20(17,18)16-11-5-7-12-6-3-4-8-14(12)16/h3-4,6,8-10H,2,5,7,11H2,1H3. The lowest BCUT2D eigenvalue weighted by atomic mass is 10.0. The minimum Gasteiger partial charge on any atom is -0.265 e. The predicted octanol–water partition coefficient (Wildman–Crippen LogP) is 3.45. The largest absolute Gasteiger partial charge is 0.273 e. The Kier molecular flexibility index (Phi) is 3.56. The fourth-order valence-corrected chi connectivity index (χ4v) is 5.50. The summed E-state index contributed by atoms with van der Waals surface area (Å²) in [6.45, 7) is 2.61. The minimum absolute atomic E-state index is 0.450. The molecule has 0 amide bonds. The van der Waals surface area contributed by atoms with Crippen molar-refractivity contribution in [2.24, 2.45) is 0 Å². The predicted molar refractivity (Wildman–Crippen MR) is 83.0 cm³/mol.